The number of hydrogen-bond acceptors (Lipinski definition) is 2. The summed E-state index contributed by atoms with van der Waals surface area (Å²) in [4.78, 5) is 13.2. The summed E-state index contributed by atoms with van der Waals surface area (Å²) in [6.07, 6.45) is 0. The molecule has 1 N–H and O–H groups in total. The zero-order valence-electron chi connectivity index (χ0n) is 10.7. The quantitative estimate of drug-likeness (QED) is 0.591. The van der Waals surface area contributed by atoms with Crippen molar-refractivity contribution in [3.63, 3.8) is 0 Å². The predicted molar refractivity (Wildman–Crippen MR) is 70.5 cm³/mol. The highest BCUT2D eigenvalue weighted by Gasteiger charge is 2.11. The lowest BCUT2D eigenvalue weighted by atomic mass is 10.1. The van der Waals surface area contributed by atoms with Crippen LogP contribution < -0.4 is 10.2 Å². The summed E-state index contributed by atoms with van der Waals surface area (Å²) in [6, 6.07) is 12.5. The van der Waals surface area contributed by atoms with E-state index in [4.69, 9.17) is 0 Å². The molecule has 0 atom stereocenters. The number of benzene rings is 1. The van der Waals surface area contributed by atoms with Gasteiger partial charge in [-0.05, 0) is 32.9 Å². The first kappa shape index (κ1) is 13.1. The average Bonchev–Trinajstić information content (AvgIpc) is 2.25. The summed E-state index contributed by atoms with van der Waals surface area (Å²) in [5, 5.41) is 2.79. The van der Waals surface area contributed by atoms with E-state index in [-0.39, 0.29) is 11.4 Å². The first-order valence-electron chi connectivity index (χ1n) is 5.51. The van der Waals surface area contributed by atoms with Crippen LogP contribution in [0.15, 0.2) is 30.3 Å². The maximum atomic E-state index is 11.5. The monoisotopic (exact) mass is 230 g/mol. The number of para-hydroxylation sites is 1. The third kappa shape index (κ3) is 5.07. The fourth-order valence-electron chi connectivity index (χ4n) is 1.22. The SMILES string of the molecule is CN(C#CC(=O)NC(C)(C)C)c1ccccc1. The second kappa shape index (κ2) is 5.40. The smallest absolute Gasteiger partial charge is 0.298 e. The van der Waals surface area contributed by atoms with Gasteiger partial charge < -0.3 is 10.2 Å². The number of carbonyl (C=O) groups is 1. The minimum Gasteiger partial charge on any atom is -0.341 e. The van der Waals surface area contributed by atoms with E-state index in [1.54, 1.807) is 4.90 Å². The van der Waals surface area contributed by atoms with Crippen LogP contribution >= 0.6 is 0 Å². The summed E-state index contributed by atoms with van der Waals surface area (Å²) >= 11 is 0. The fourth-order valence-corrected chi connectivity index (χ4v) is 1.22. The number of nitrogens with one attached hydrogen (secondary N) is 1. The van der Waals surface area contributed by atoms with Crippen LogP contribution in [-0.4, -0.2) is 18.5 Å². The first-order chi connectivity index (χ1) is 7.88. The second-order valence-electron chi connectivity index (χ2n) is 4.84. The van der Waals surface area contributed by atoms with E-state index in [1.807, 2.05) is 58.2 Å². The van der Waals surface area contributed by atoms with Gasteiger partial charge in [-0.3, -0.25) is 4.79 Å². The molecule has 1 amide bonds. The lowest BCUT2D eigenvalue weighted by molar-refractivity contribution is -0.117. The molecule has 1 aromatic rings. The molecule has 0 aliphatic rings. The Morgan fingerprint density at radius 2 is 1.82 bits per heavy atom. The van der Waals surface area contributed by atoms with Crippen LogP contribution in [0.5, 0.6) is 0 Å². The molecule has 0 saturated heterocycles. The lowest BCUT2D eigenvalue weighted by Gasteiger charge is -2.18. The van der Waals surface area contributed by atoms with Crippen molar-refractivity contribution >= 4 is 11.6 Å². The largest absolute Gasteiger partial charge is 0.341 e. The molecule has 0 saturated carbocycles. The molecule has 1 aromatic carbocycles. The Hall–Kier alpha value is -1.95. The Bertz CT molecular complexity index is 435. The van der Waals surface area contributed by atoms with Crippen molar-refractivity contribution in [2.45, 2.75) is 26.3 Å². The molecule has 0 heterocycles. The Morgan fingerprint density at radius 3 is 2.35 bits per heavy atom. The molecule has 0 bridgehead atoms. The molecule has 1 rings (SSSR count). The standard InChI is InChI=1S/C14H18N2O/c1-14(2,3)15-13(17)10-11-16(4)12-8-6-5-7-9-12/h5-9H,1-4H3,(H,15,17). The molecule has 90 valence electrons. The predicted octanol–water partition coefficient (Wildman–Crippen LogP) is 2.00. The molecule has 3 nitrogen and oxygen atoms in total. The maximum absolute atomic E-state index is 11.5. The third-order valence-corrected chi connectivity index (χ3v) is 1.97. The van der Waals surface area contributed by atoms with E-state index in [9.17, 15) is 4.79 Å². The molecule has 0 fully saturated rings. The first-order valence-corrected chi connectivity index (χ1v) is 5.51. The van der Waals surface area contributed by atoms with Crippen molar-refractivity contribution in [1.29, 1.82) is 0 Å². The zero-order chi connectivity index (χ0) is 12.9. The van der Waals surface area contributed by atoms with Crippen molar-refractivity contribution in [3.8, 4) is 12.0 Å². The van der Waals surface area contributed by atoms with E-state index in [1.165, 1.54) is 0 Å². The van der Waals surface area contributed by atoms with Crippen LogP contribution in [0.1, 0.15) is 20.8 Å². The lowest BCUT2D eigenvalue weighted by Crippen LogP contribution is -2.40. The Labute approximate surface area is 103 Å². The van der Waals surface area contributed by atoms with E-state index in [0.717, 1.165) is 5.69 Å². The van der Waals surface area contributed by atoms with Gasteiger partial charge in [0.05, 0.1) is 0 Å². The molecule has 0 unspecified atom stereocenters. The van der Waals surface area contributed by atoms with Crippen LogP contribution in [0.2, 0.25) is 0 Å². The summed E-state index contributed by atoms with van der Waals surface area (Å²) in [5.41, 5.74) is 0.709. The molecule has 0 aliphatic heterocycles. The topological polar surface area (TPSA) is 32.3 Å². The summed E-state index contributed by atoms with van der Waals surface area (Å²) in [5.74, 6) is 2.30. The minimum atomic E-state index is -0.264. The summed E-state index contributed by atoms with van der Waals surface area (Å²) in [7, 11) is 1.83. The number of anilines is 1. The van der Waals surface area contributed by atoms with Gasteiger partial charge in [0.25, 0.3) is 5.91 Å². The van der Waals surface area contributed by atoms with Gasteiger partial charge in [0, 0.05) is 30.2 Å². The molecule has 0 aromatic heterocycles. The number of amides is 1. The number of hydrogen-bond donors (Lipinski definition) is 1. The van der Waals surface area contributed by atoms with Gasteiger partial charge in [0.1, 0.15) is 0 Å². The van der Waals surface area contributed by atoms with E-state index < -0.39 is 0 Å². The number of carbonyl (C=O) groups excluding carboxylic acids is 1. The second-order valence-corrected chi connectivity index (χ2v) is 4.84. The van der Waals surface area contributed by atoms with Gasteiger partial charge in [-0.15, -0.1) is 0 Å². The van der Waals surface area contributed by atoms with Gasteiger partial charge in [-0.2, -0.15) is 0 Å². The van der Waals surface area contributed by atoms with Crippen LogP contribution in [0.25, 0.3) is 0 Å². The highest BCUT2D eigenvalue weighted by atomic mass is 16.1. The number of nitrogens with zero attached hydrogens (tertiary/aromatic N) is 1. The molecular weight excluding hydrogens is 212 g/mol. The Balaban J connectivity index is 2.64. The minimum absolute atomic E-state index is 0.253. The molecular formula is C14H18N2O. The van der Waals surface area contributed by atoms with E-state index in [2.05, 4.69) is 17.3 Å². The van der Waals surface area contributed by atoms with Crippen molar-refractivity contribution < 1.29 is 4.79 Å². The number of rotatable bonds is 1. The van der Waals surface area contributed by atoms with E-state index in [0.29, 0.717) is 0 Å². The Kier molecular flexibility index (Phi) is 4.17. The summed E-state index contributed by atoms with van der Waals surface area (Å²) < 4.78 is 0. The van der Waals surface area contributed by atoms with Crippen LogP contribution in [0, 0.1) is 12.0 Å². The van der Waals surface area contributed by atoms with Gasteiger partial charge in [0.2, 0.25) is 0 Å². The van der Waals surface area contributed by atoms with Gasteiger partial charge in [-0.1, -0.05) is 18.2 Å². The van der Waals surface area contributed by atoms with Gasteiger partial charge in [0.15, 0.2) is 0 Å². The maximum Gasteiger partial charge on any atom is 0.298 e. The van der Waals surface area contributed by atoms with Gasteiger partial charge in [-0.25, -0.2) is 0 Å². The van der Waals surface area contributed by atoms with Crippen LogP contribution in [0.4, 0.5) is 5.69 Å². The van der Waals surface area contributed by atoms with Gasteiger partial charge >= 0.3 is 0 Å². The van der Waals surface area contributed by atoms with E-state index >= 15 is 0 Å². The van der Waals surface area contributed by atoms with Crippen LogP contribution in [-0.2, 0) is 4.79 Å². The highest BCUT2D eigenvalue weighted by Crippen LogP contribution is 2.09. The fraction of sp³-hybridized carbons (Fsp3) is 0.357. The molecule has 0 spiro atoms. The van der Waals surface area contributed by atoms with Crippen molar-refractivity contribution in [3.05, 3.63) is 30.3 Å². The molecule has 3 heteroatoms. The third-order valence-electron chi connectivity index (χ3n) is 1.97. The average molecular weight is 230 g/mol. The normalized spacial score (nSPS) is 10.1. The highest BCUT2D eigenvalue weighted by molar-refractivity contribution is 5.94. The molecule has 0 radical (unpaired) electrons. The molecule has 17 heavy (non-hydrogen) atoms. The summed E-state index contributed by atoms with van der Waals surface area (Å²) in [6.45, 7) is 5.77. The van der Waals surface area contributed by atoms with Crippen molar-refractivity contribution in [2.75, 3.05) is 11.9 Å². The Morgan fingerprint density at radius 1 is 1.24 bits per heavy atom. The molecule has 0 aliphatic carbocycles. The van der Waals surface area contributed by atoms with Crippen LogP contribution in [0.3, 0.4) is 0 Å². The van der Waals surface area contributed by atoms with Crippen molar-refractivity contribution in [2.24, 2.45) is 0 Å². The zero-order valence-corrected chi connectivity index (χ0v) is 10.7. The van der Waals surface area contributed by atoms with Crippen molar-refractivity contribution in [1.82, 2.24) is 5.32 Å².